The largest absolute Gasteiger partial charge is 0.478 e. The lowest BCUT2D eigenvalue weighted by atomic mass is 9.84. The first-order valence-electron chi connectivity index (χ1n) is 8.61. The molecule has 1 N–H and O–H groups in total. The fourth-order valence-electron chi connectivity index (χ4n) is 3.44. The molecule has 0 saturated heterocycles. The Bertz CT molecular complexity index is 732. The number of aryl methyl sites for hydroxylation is 2. The van der Waals surface area contributed by atoms with Crippen molar-refractivity contribution in [3.63, 3.8) is 0 Å². The fourth-order valence-corrected chi connectivity index (χ4v) is 3.44. The Morgan fingerprint density at radius 1 is 1.17 bits per heavy atom. The summed E-state index contributed by atoms with van der Waals surface area (Å²) < 4.78 is 2.40. The zero-order valence-electron chi connectivity index (χ0n) is 15.3. The van der Waals surface area contributed by atoms with Crippen molar-refractivity contribution in [1.82, 2.24) is 4.57 Å². The highest BCUT2D eigenvalue weighted by atomic mass is 16.4. The topological polar surface area (TPSA) is 42.2 Å². The maximum absolute atomic E-state index is 11.6. The summed E-state index contributed by atoms with van der Waals surface area (Å²) in [4.78, 5) is 11.6. The van der Waals surface area contributed by atoms with Crippen molar-refractivity contribution in [1.29, 1.82) is 0 Å². The third-order valence-electron chi connectivity index (χ3n) is 4.55. The van der Waals surface area contributed by atoms with Gasteiger partial charge < -0.3 is 9.67 Å². The number of carbonyl (C=O) groups is 1. The normalized spacial score (nSPS) is 12.1. The maximum Gasteiger partial charge on any atom is 0.335 e. The molecule has 3 nitrogen and oxygen atoms in total. The molecule has 0 spiro atoms. The highest BCUT2D eigenvalue weighted by Crippen LogP contribution is 2.36. The van der Waals surface area contributed by atoms with Crippen molar-refractivity contribution >= 4 is 16.9 Å². The molecule has 0 radical (unpaired) electrons. The van der Waals surface area contributed by atoms with Crippen LogP contribution in [0.1, 0.15) is 74.6 Å². The molecule has 0 bridgehead atoms. The predicted octanol–water partition coefficient (Wildman–Crippen LogP) is 5.31. The second kappa shape index (κ2) is 6.38. The number of carboxylic acid groups (broad SMARTS) is 1. The minimum absolute atomic E-state index is 0.0938. The van der Waals surface area contributed by atoms with E-state index in [1.54, 1.807) is 0 Å². The Labute approximate surface area is 139 Å². The summed E-state index contributed by atoms with van der Waals surface area (Å²) in [5.74, 6) is -0.847. The number of rotatable bonds is 5. The van der Waals surface area contributed by atoms with Crippen LogP contribution in [0.5, 0.6) is 0 Å². The van der Waals surface area contributed by atoms with E-state index in [4.69, 9.17) is 0 Å². The highest BCUT2D eigenvalue weighted by molar-refractivity contribution is 5.97. The van der Waals surface area contributed by atoms with E-state index in [-0.39, 0.29) is 5.41 Å². The van der Waals surface area contributed by atoms with E-state index in [1.165, 1.54) is 16.8 Å². The first-order valence-corrected chi connectivity index (χ1v) is 8.61. The van der Waals surface area contributed by atoms with E-state index in [9.17, 15) is 9.90 Å². The number of benzene rings is 1. The quantitative estimate of drug-likeness (QED) is 0.812. The van der Waals surface area contributed by atoms with Gasteiger partial charge in [0.1, 0.15) is 0 Å². The van der Waals surface area contributed by atoms with Gasteiger partial charge >= 0.3 is 5.97 Å². The van der Waals surface area contributed by atoms with Crippen LogP contribution in [0.2, 0.25) is 0 Å². The molecule has 0 fully saturated rings. The van der Waals surface area contributed by atoms with Gasteiger partial charge in [-0.25, -0.2) is 4.79 Å². The molecular formula is C20H29NO2. The second-order valence-corrected chi connectivity index (χ2v) is 7.44. The molecule has 0 saturated carbocycles. The molecule has 3 heteroatoms. The van der Waals surface area contributed by atoms with Gasteiger partial charge in [-0.2, -0.15) is 0 Å². The minimum atomic E-state index is -0.847. The standard InChI is InChI=1S/C20H29NO2/c1-7-9-15-13(3)21(10-8-2)18-16(15)11-14(19(22)23)12-17(18)20(4,5)6/h11-12H,7-10H2,1-6H3,(H,22,23). The van der Waals surface area contributed by atoms with E-state index in [1.807, 2.05) is 12.1 Å². The van der Waals surface area contributed by atoms with E-state index in [2.05, 4.69) is 46.1 Å². The zero-order valence-corrected chi connectivity index (χ0v) is 15.3. The van der Waals surface area contributed by atoms with Crippen LogP contribution < -0.4 is 0 Å². The van der Waals surface area contributed by atoms with Crippen LogP contribution in [0.4, 0.5) is 0 Å². The number of hydrogen-bond acceptors (Lipinski definition) is 1. The van der Waals surface area contributed by atoms with Gasteiger partial charge in [0.05, 0.1) is 11.1 Å². The maximum atomic E-state index is 11.6. The van der Waals surface area contributed by atoms with Gasteiger partial charge in [-0.1, -0.05) is 41.0 Å². The number of aromatic carboxylic acids is 1. The average molecular weight is 315 g/mol. The van der Waals surface area contributed by atoms with Gasteiger partial charge in [0.2, 0.25) is 0 Å². The SMILES string of the molecule is CCCc1c(C)n(CCC)c2c(C(C)(C)C)cc(C(=O)O)cc12. The van der Waals surface area contributed by atoms with Crippen molar-refractivity contribution in [3.8, 4) is 0 Å². The van der Waals surface area contributed by atoms with Crippen molar-refractivity contribution in [2.45, 2.75) is 72.8 Å². The van der Waals surface area contributed by atoms with Crippen LogP contribution in [-0.4, -0.2) is 15.6 Å². The number of aromatic nitrogens is 1. The van der Waals surface area contributed by atoms with E-state index in [0.717, 1.165) is 36.8 Å². The average Bonchev–Trinajstić information content (AvgIpc) is 2.71. The molecule has 0 amide bonds. The van der Waals surface area contributed by atoms with E-state index >= 15 is 0 Å². The van der Waals surface area contributed by atoms with Crippen LogP contribution in [-0.2, 0) is 18.4 Å². The van der Waals surface area contributed by atoms with Crippen molar-refractivity contribution in [3.05, 3.63) is 34.5 Å². The summed E-state index contributed by atoms with van der Waals surface area (Å²) in [6.45, 7) is 14.0. The number of hydrogen-bond donors (Lipinski definition) is 1. The van der Waals surface area contributed by atoms with Crippen LogP contribution in [0.3, 0.4) is 0 Å². The number of fused-ring (bicyclic) bond motifs is 1. The molecule has 0 aliphatic rings. The van der Waals surface area contributed by atoms with Gasteiger partial charge in [0.15, 0.2) is 0 Å². The third-order valence-corrected chi connectivity index (χ3v) is 4.55. The zero-order chi connectivity index (χ0) is 17.4. The molecule has 1 aromatic heterocycles. The summed E-state index contributed by atoms with van der Waals surface area (Å²) >= 11 is 0. The monoisotopic (exact) mass is 315 g/mol. The summed E-state index contributed by atoms with van der Waals surface area (Å²) in [7, 11) is 0. The molecule has 0 aliphatic carbocycles. The molecule has 2 rings (SSSR count). The van der Waals surface area contributed by atoms with Crippen LogP contribution in [0.15, 0.2) is 12.1 Å². The molecule has 0 unspecified atom stereocenters. The second-order valence-electron chi connectivity index (χ2n) is 7.44. The van der Waals surface area contributed by atoms with Gasteiger partial charge in [0.25, 0.3) is 0 Å². The van der Waals surface area contributed by atoms with Crippen LogP contribution in [0.25, 0.3) is 10.9 Å². The van der Waals surface area contributed by atoms with Crippen molar-refractivity contribution in [2.24, 2.45) is 0 Å². The molecule has 0 atom stereocenters. The lowest BCUT2D eigenvalue weighted by Gasteiger charge is -2.23. The minimum Gasteiger partial charge on any atom is -0.478 e. The number of carboxylic acids is 1. The Morgan fingerprint density at radius 2 is 1.83 bits per heavy atom. The van der Waals surface area contributed by atoms with Crippen LogP contribution in [0, 0.1) is 6.92 Å². The fraction of sp³-hybridized carbons (Fsp3) is 0.550. The van der Waals surface area contributed by atoms with Crippen molar-refractivity contribution < 1.29 is 9.90 Å². The predicted molar refractivity (Wildman–Crippen MR) is 96.6 cm³/mol. The van der Waals surface area contributed by atoms with Gasteiger partial charge in [0, 0.05) is 17.6 Å². The Morgan fingerprint density at radius 3 is 2.30 bits per heavy atom. The van der Waals surface area contributed by atoms with Gasteiger partial charge in [-0.15, -0.1) is 0 Å². The number of nitrogens with zero attached hydrogens (tertiary/aromatic N) is 1. The summed E-state index contributed by atoms with van der Waals surface area (Å²) in [5.41, 5.74) is 5.26. The van der Waals surface area contributed by atoms with E-state index < -0.39 is 5.97 Å². The third kappa shape index (κ3) is 3.15. The van der Waals surface area contributed by atoms with Gasteiger partial charge in [-0.05, 0) is 48.4 Å². The Hall–Kier alpha value is -1.77. The first-order chi connectivity index (χ1) is 10.7. The van der Waals surface area contributed by atoms with E-state index in [0.29, 0.717) is 5.56 Å². The lowest BCUT2D eigenvalue weighted by Crippen LogP contribution is -2.15. The van der Waals surface area contributed by atoms with Crippen LogP contribution >= 0.6 is 0 Å². The van der Waals surface area contributed by atoms with Crippen molar-refractivity contribution in [2.75, 3.05) is 0 Å². The molecule has 23 heavy (non-hydrogen) atoms. The highest BCUT2D eigenvalue weighted by Gasteiger charge is 2.25. The lowest BCUT2D eigenvalue weighted by molar-refractivity contribution is 0.0697. The molecule has 2 aromatic rings. The smallest absolute Gasteiger partial charge is 0.335 e. The summed E-state index contributed by atoms with van der Waals surface area (Å²) in [6, 6.07) is 3.74. The Kier molecular flexibility index (Phi) is 4.88. The Balaban J connectivity index is 2.96. The first kappa shape index (κ1) is 17.6. The molecule has 126 valence electrons. The van der Waals surface area contributed by atoms with Gasteiger partial charge in [-0.3, -0.25) is 0 Å². The molecule has 1 heterocycles. The molecular weight excluding hydrogens is 286 g/mol. The summed E-state index contributed by atoms with van der Waals surface area (Å²) in [5, 5.41) is 10.7. The summed E-state index contributed by atoms with van der Waals surface area (Å²) in [6.07, 6.45) is 3.13. The molecule has 1 aromatic carbocycles. The molecule has 0 aliphatic heterocycles.